The van der Waals surface area contributed by atoms with Crippen LogP contribution in [0.2, 0.25) is 0 Å². The second kappa shape index (κ2) is 7.29. The van der Waals surface area contributed by atoms with Gasteiger partial charge in [-0.1, -0.05) is 6.07 Å². The number of phenols is 1. The van der Waals surface area contributed by atoms with E-state index in [1.165, 1.54) is 12.1 Å². The number of hydrogen-bond acceptors (Lipinski definition) is 6. The molecular formula is C22H21FN6O. The minimum Gasteiger partial charge on any atom is -0.508 e. The van der Waals surface area contributed by atoms with E-state index < -0.39 is 5.82 Å². The van der Waals surface area contributed by atoms with Gasteiger partial charge in [-0.25, -0.2) is 19.0 Å². The standard InChI is InChI=1S/C22H21FN6O/c23-16-10-15(11-17(30)12-16)20-19-18(24)5-7-26-22(19)29(27-20)13-14-4-3-6-25-21(14)28-8-1-2-9-28/h3-7,10-12,30H,1-2,8-9,13H2,(H2,24,26). The van der Waals surface area contributed by atoms with Crippen molar-refractivity contribution in [1.82, 2.24) is 19.7 Å². The summed E-state index contributed by atoms with van der Waals surface area (Å²) in [6.45, 7) is 2.43. The number of aromatic nitrogens is 4. The van der Waals surface area contributed by atoms with Crippen LogP contribution >= 0.6 is 0 Å². The second-order valence-corrected chi connectivity index (χ2v) is 7.48. The van der Waals surface area contributed by atoms with E-state index in [1.807, 2.05) is 12.1 Å². The molecule has 30 heavy (non-hydrogen) atoms. The van der Waals surface area contributed by atoms with E-state index in [-0.39, 0.29) is 5.75 Å². The van der Waals surface area contributed by atoms with Gasteiger partial charge >= 0.3 is 0 Å². The largest absolute Gasteiger partial charge is 0.508 e. The number of benzene rings is 1. The normalized spacial score (nSPS) is 14.0. The van der Waals surface area contributed by atoms with Crippen LogP contribution in [-0.2, 0) is 6.54 Å². The SMILES string of the molecule is Nc1ccnc2c1c(-c1cc(O)cc(F)c1)nn2Cc1cccnc1N1CCCC1. The molecule has 4 aromatic rings. The number of phenolic OH excluding ortho intramolecular Hbond substituents is 1. The number of anilines is 2. The van der Waals surface area contributed by atoms with Crippen molar-refractivity contribution in [3.05, 3.63) is 60.2 Å². The van der Waals surface area contributed by atoms with Gasteiger partial charge in [0.25, 0.3) is 0 Å². The molecule has 1 aromatic carbocycles. The number of nitrogens with two attached hydrogens (primary N) is 1. The highest BCUT2D eigenvalue weighted by Crippen LogP contribution is 2.34. The molecule has 3 aromatic heterocycles. The Balaban J connectivity index is 1.64. The fraction of sp³-hybridized carbons (Fsp3) is 0.227. The average molecular weight is 404 g/mol. The lowest BCUT2D eigenvalue weighted by atomic mass is 10.1. The van der Waals surface area contributed by atoms with Gasteiger partial charge in [0, 0.05) is 48.4 Å². The number of halogens is 1. The highest BCUT2D eigenvalue weighted by atomic mass is 19.1. The van der Waals surface area contributed by atoms with Crippen LogP contribution in [0.1, 0.15) is 18.4 Å². The van der Waals surface area contributed by atoms with E-state index >= 15 is 0 Å². The van der Waals surface area contributed by atoms with Gasteiger partial charge in [0.2, 0.25) is 0 Å². The fourth-order valence-corrected chi connectivity index (χ4v) is 4.07. The molecule has 1 aliphatic heterocycles. The first-order valence-corrected chi connectivity index (χ1v) is 9.90. The lowest BCUT2D eigenvalue weighted by molar-refractivity contribution is 0.469. The zero-order valence-electron chi connectivity index (χ0n) is 16.3. The van der Waals surface area contributed by atoms with Gasteiger partial charge < -0.3 is 15.7 Å². The lowest BCUT2D eigenvalue weighted by Crippen LogP contribution is -2.21. The zero-order chi connectivity index (χ0) is 20.7. The first-order chi connectivity index (χ1) is 14.6. The van der Waals surface area contributed by atoms with Gasteiger partial charge in [-0.15, -0.1) is 0 Å². The molecule has 3 N–H and O–H groups in total. The molecule has 0 atom stereocenters. The van der Waals surface area contributed by atoms with Crippen molar-refractivity contribution in [2.24, 2.45) is 0 Å². The van der Waals surface area contributed by atoms with Crippen molar-refractivity contribution in [3.8, 4) is 17.0 Å². The highest BCUT2D eigenvalue weighted by molar-refractivity contribution is 5.99. The van der Waals surface area contributed by atoms with E-state index in [1.54, 1.807) is 23.1 Å². The molecule has 0 amide bonds. The van der Waals surface area contributed by atoms with Gasteiger partial charge in [0.05, 0.1) is 11.9 Å². The molecule has 1 aliphatic rings. The van der Waals surface area contributed by atoms with Crippen molar-refractivity contribution in [2.75, 3.05) is 23.7 Å². The van der Waals surface area contributed by atoms with Gasteiger partial charge in [-0.2, -0.15) is 5.10 Å². The molecule has 0 saturated carbocycles. The number of nitrogens with zero attached hydrogens (tertiary/aromatic N) is 5. The molecular weight excluding hydrogens is 383 g/mol. The topological polar surface area (TPSA) is 93.1 Å². The summed E-state index contributed by atoms with van der Waals surface area (Å²) in [5.41, 5.74) is 9.29. The third kappa shape index (κ3) is 3.20. The van der Waals surface area contributed by atoms with Crippen molar-refractivity contribution >= 4 is 22.5 Å². The van der Waals surface area contributed by atoms with E-state index in [0.29, 0.717) is 34.5 Å². The van der Waals surface area contributed by atoms with E-state index in [4.69, 9.17) is 10.8 Å². The van der Waals surface area contributed by atoms with Crippen LogP contribution in [-0.4, -0.2) is 37.9 Å². The van der Waals surface area contributed by atoms with Crippen molar-refractivity contribution < 1.29 is 9.50 Å². The smallest absolute Gasteiger partial charge is 0.160 e. The molecule has 0 aliphatic carbocycles. The molecule has 5 rings (SSSR count). The van der Waals surface area contributed by atoms with E-state index in [9.17, 15) is 9.50 Å². The monoisotopic (exact) mass is 404 g/mol. The lowest BCUT2D eigenvalue weighted by Gasteiger charge is -2.19. The van der Waals surface area contributed by atoms with Crippen LogP contribution in [0.4, 0.5) is 15.9 Å². The first-order valence-electron chi connectivity index (χ1n) is 9.90. The summed E-state index contributed by atoms with van der Waals surface area (Å²) in [4.78, 5) is 11.4. The summed E-state index contributed by atoms with van der Waals surface area (Å²) in [6.07, 6.45) is 5.75. The van der Waals surface area contributed by atoms with Crippen molar-refractivity contribution in [2.45, 2.75) is 19.4 Å². The Bertz CT molecular complexity index is 1210. The Kier molecular flexibility index (Phi) is 4.46. The maximum absolute atomic E-state index is 13.9. The van der Waals surface area contributed by atoms with Gasteiger partial charge in [-0.05, 0) is 37.1 Å². The van der Waals surface area contributed by atoms with Gasteiger partial charge in [-0.3, -0.25) is 0 Å². The Morgan fingerprint density at radius 2 is 1.90 bits per heavy atom. The van der Waals surface area contributed by atoms with Crippen LogP contribution in [0.5, 0.6) is 5.75 Å². The molecule has 1 saturated heterocycles. The fourth-order valence-electron chi connectivity index (χ4n) is 4.07. The predicted molar refractivity (Wildman–Crippen MR) is 114 cm³/mol. The number of aromatic hydroxyl groups is 1. The van der Waals surface area contributed by atoms with Crippen LogP contribution in [0, 0.1) is 5.82 Å². The number of hydrogen-bond donors (Lipinski definition) is 2. The van der Waals surface area contributed by atoms with Crippen molar-refractivity contribution in [3.63, 3.8) is 0 Å². The van der Waals surface area contributed by atoms with Gasteiger partial charge in [0.15, 0.2) is 5.65 Å². The summed E-state index contributed by atoms with van der Waals surface area (Å²) in [5, 5.41) is 15.2. The summed E-state index contributed by atoms with van der Waals surface area (Å²) < 4.78 is 15.7. The minimum absolute atomic E-state index is 0.168. The number of nitrogen functional groups attached to an aromatic ring is 1. The molecule has 8 heteroatoms. The molecule has 1 fully saturated rings. The highest BCUT2D eigenvalue weighted by Gasteiger charge is 2.21. The third-order valence-corrected chi connectivity index (χ3v) is 5.41. The van der Waals surface area contributed by atoms with Gasteiger partial charge in [0.1, 0.15) is 23.1 Å². The van der Waals surface area contributed by atoms with Crippen LogP contribution in [0.25, 0.3) is 22.3 Å². The Hall–Kier alpha value is -3.68. The zero-order valence-corrected chi connectivity index (χ0v) is 16.3. The van der Waals surface area contributed by atoms with E-state index in [0.717, 1.165) is 43.4 Å². The molecule has 4 heterocycles. The Morgan fingerprint density at radius 3 is 2.70 bits per heavy atom. The summed E-state index contributed by atoms with van der Waals surface area (Å²) in [6, 6.07) is 9.50. The molecule has 152 valence electrons. The maximum Gasteiger partial charge on any atom is 0.160 e. The Morgan fingerprint density at radius 1 is 1.07 bits per heavy atom. The quantitative estimate of drug-likeness (QED) is 0.540. The molecule has 0 spiro atoms. The molecule has 0 unspecified atom stereocenters. The maximum atomic E-state index is 13.9. The average Bonchev–Trinajstić information content (AvgIpc) is 3.37. The predicted octanol–water partition coefficient (Wildman–Crippen LogP) is 3.57. The van der Waals surface area contributed by atoms with Crippen molar-refractivity contribution in [1.29, 1.82) is 0 Å². The summed E-state index contributed by atoms with van der Waals surface area (Å²) in [7, 11) is 0. The number of rotatable bonds is 4. The number of fused-ring (bicyclic) bond motifs is 1. The second-order valence-electron chi connectivity index (χ2n) is 7.48. The molecule has 0 radical (unpaired) electrons. The Labute approximate surface area is 172 Å². The van der Waals surface area contributed by atoms with E-state index in [2.05, 4.69) is 14.9 Å². The van der Waals surface area contributed by atoms with Crippen LogP contribution in [0.15, 0.2) is 48.8 Å². The summed E-state index contributed by atoms with van der Waals surface area (Å²) >= 11 is 0. The number of pyridine rings is 2. The van der Waals surface area contributed by atoms with Crippen LogP contribution < -0.4 is 10.6 Å². The summed E-state index contributed by atoms with van der Waals surface area (Å²) in [5.74, 6) is 0.241. The molecule has 7 nitrogen and oxygen atoms in total. The van der Waals surface area contributed by atoms with Crippen LogP contribution in [0.3, 0.4) is 0 Å². The minimum atomic E-state index is -0.543. The first kappa shape index (κ1) is 18.4. The third-order valence-electron chi connectivity index (χ3n) is 5.41. The molecule has 0 bridgehead atoms.